The number of hydrogen-bond donors (Lipinski definition) is 1. The van der Waals surface area contributed by atoms with E-state index in [1.807, 2.05) is 17.2 Å². The summed E-state index contributed by atoms with van der Waals surface area (Å²) in [7, 11) is 0. The van der Waals surface area contributed by atoms with Gasteiger partial charge in [0.1, 0.15) is 5.01 Å². The molecule has 16 heavy (non-hydrogen) atoms. The second-order valence-electron chi connectivity index (χ2n) is 3.69. The van der Waals surface area contributed by atoms with Crippen LogP contribution in [-0.4, -0.2) is 42.0 Å². The summed E-state index contributed by atoms with van der Waals surface area (Å²) >= 11 is 1.57. The fourth-order valence-corrected chi connectivity index (χ4v) is 2.40. The molecule has 2 heterocycles. The minimum Gasteiger partial charge on any atom is -0.340 e. The molecule has 1 aliphatic heterocycles. The third-order valence-electron chi connectivity index (χ3n) is 2.44. The first-order valence-electron chi connectivity index (χ1n) is 5.15. The predicted octanol–water partition coefficient (Wildman–Crippen LogP) is 0.848. The highest BCUT2D eigenvalue weighted by molar-refractivity contribution is 7.09. The van der Waals surface area contributed by atoms with Crippen LogP contribution in [0, 0.1) is 6.92 Å². The fraction of sp³-hybridized carbons (Fsp3) is 0.600. The van der Waals surface area contributed by atoms with E-state index in [9.17, 15) is 4.79 Å². The van der Waals surface area contributed by atoms with Crippen LogP contribution in [0.2, 0.25) is 0 Å². The number of aryl methyl sites for hydroxylation is 1. The first kappa shape index (κ1) is 13.4. The molecule has 1 amide bonds. The lowest BCUT2D eigenvalue weighted by atomic mass is 10.3. The zero-order chi connectivity index (χ0) is 10.7. The molecular weight excluding hydrogens is 246 g/mol. The monoisotopic (exact) mass is 261 g/mol. The Morgan fingerprint density at radius 2 is 2.25 bits per heavy atom. The van der Waals surface area contributed by atoms with Gasteiger partial charge in [0, 0.05) is 37.3 Å². The van der Waals surface area contributed by atoms with Crippen molar-refractivity contribution >= 4 is 29.7 Å². The van der Waals surface area contributed by atoms with Crippen LogP contribution in [0.15, 0.2) is 5.38 Å². The molecule has 0 spiro atoms. The van der Waals surface area contributed by atoms with Gasteiger partial charge in [-0.2, -0.15) is 0 Å². The van der Waals surface area contributed by atoms with Crippen LogP contribution in [0.1, 0.15) is 10.7 Å². The smallest absolute Gasteiger partial charge is 0.229 e. The van der Waals surface area contributed by atoms with Crippen molar-refractivity contribution < 1.29 is 4.79 Å². The number of thiazole rings is 1. The molecule has 0 saturated carbocycles. The van der Waals surface area contributed by atoms with E-state index >= 15 is 0 Å². The molecule has 1 aromatic rings. The van der Waals surface area contributed by atoms with Crippen LogP contribution in [0.4, 0.5) is 0 Å². The van der Waals surface area contributed by atoms with Crippen molar-refractivity contribution in [1.29, 1.82) is 0 Å². The van der Waals surface area contributed by atoms with Gasteiger partial charge in [0.2, 0.25) is 5.91 Å². The predicted molar refractivity (Wildman–Crippen MR) is 67.3 cm³/mol. The summed E-state index contributed by atoms with van der Waals surface area (Å²) in [6.07, 6.45) is 0.457. The van der Waals surface area contributed by atoms with Gasteiger partial charge in [0.25, 0.3) is 0 Å². The van der Waals surface area contributed by atoms with E-state index in [-0.39, 0.29) is 18.3 Å². The highest BCUT2D eigenvalue weighted by atomic mass is 35.5. The van der Waals surface area contributed by atoms with Crippen LogP contribution < -0.4 is 5.32 Å². The van der Waals surface area contributed by atoms with E-state index in [0.717, 1.165) is 36.9 Å². The van der Waals surface area contributed by atoms with Crippen molar-refractivity contribution in [2.75, 3.05) is 26.2 Å². The molecule has 1 fully saturated rings. The Labute approximate surface area is 105 Å². The average Bonchev–Trinajstić information content (AvgIpc) is 2.65. The number of rotatable bonds is 2. The van der Waals surface area contributed by atoms with Crippen LogP contribution in [0.25, 0.3) is 0 Å². The van der Waals surface area contributed by atoms with Gasteiger partial charge in [-0.05, 0) is 6.92 Å². The summed E-state index contributed by atoms with van der Waals surface area (Å²) < 4.78 is 0. The minimum atomic E-state index is 0. The lowest BCUT2D eigenvalue weighted by Crippen LogP contribution is -2.46. The lowest BCUT2D eigenvalue weighted by Gasteiger charge is -2.27. The van der Waals surface area contributed by atoms with Gasteiger partial charge in [0.15, 0.2) is 0 Å². The van der Waals surface area contributed by atoms with Gasteiger partial charge in [0.05, 0.1) is 6.42 Å². The zero-order valence-electron chi connectivity index (χ0n) is 9.23. The molecule has 1 N–H and O–H groups in total. The van der Waals surface area contributed by atoms with Crippen LogP contribution in [-0.2, 0) is 11.2 Å². The summed E-state index contributed by atoms with van der Waals surface area (Å²) in [6, 6.07) is 0. The van der Waals surface area contributed by atoms with Crippen molar-refractivity contribution in [1.82, 2.24) is 15.2 Å². The van der Waals surface area contributed by atoms with E-state index in [1.54, 1.807) is 11.3 Å². The number of nitrogens with one attached hydrogen (secondary N) is 1. The van der Waals surface area contributed by atoms with E-state index < -0.39 is 0 Å². The Balaban J connectivity index is 0.00000128. The van der Waals surface area contributed by atoms with E-state index in [1.165, 1.54) is 0 Å². The number of carbonyl (C=O) groups is 1. The van der Waals surface area contributed by atoms with Gasteiger partial charge in [-0.1, -0.05) is 0 Å². The Kier molecular flexibility index (Phi) is 5.18. The molecule has 1 aliphatic rings. The largest absolute Gasteiger partial charge is 0.340 e. The van der Waals surface area contributed by atoms with Crippen molar-refractivity contribution in [2.45, 2.75) is 13.3 Å². The van der Waals surface area contributed by atoms with Gasteiger partial charge in [-0.25, -0.2) is 4.98 Å². The molecule has 1 saturated heterocycles. The van der Waals surface area contributed by atoms with Crippen molar-refractivity contribution in [3.05, 3.63) is 16.1 Å². The lowest BCUT2D eigenvalue weighted by molar-refractivity contribution is -0.131. The molecule has 1 aromatic heterocycles. The van der Waals surface area contributed by atoms with Gasteiger partial charge in [-0.3, -0.25) is 4.79 Å². The second-order valence-corrected chi connectivity index (χ2v) is 4.63. The number of carbonyl (C=O) groups excluding carboxylic acids is 1. The first-order valence-corrected chi connectivity index (χ1v) is 6.03. The molecule has 0 radical (unpaired) electrons. The molecule has 4 nitrogen and oxygen atoms in total. The van der Waals surface area contributed by atoms with Gasteiger partial charge >= 0.3 is 0 Å². The number of hydrogen-bond acceptors (Lipinski definition) is 4. The third kappa shape index (κ3) is 3.43. The minimum absolute atomic E-state index is 0. The SMILES string of the molecule is Cc1csc(CC(=O)N2CCNCC2)n1.Cl. The molecule has 90 valence electrons. The first-order chi connectivity index (χ1) is 7.25. The maximum absolute atomic E-state index is 11.8. The second kappa shape index (κ2) is 6.18. The zero-order valence-corrected chi connectivity index (χ0v) is 10.9. The molecule has 0 unspecified atom stereocenters. The van der Waals surface area contributed by atoms with Gasteiger partial charge in [-0.15, -0.1) is 23.7 Å². The summed E-state index contributed by atoms with van der Waals surface area (Å²) in [5.41, 5.74) is 1.00. The Morgan fingerprint density at radius 3 is 2.81 bits per heavy atom. The topological polar surface area (TPSA) is 45.2 Å². The standard InChI is InChI=1S/C10H15N3OS.ClH/c1-8-7-15-9(12-8)6-10(14)13-4-2-11-3-5-13;/h7,11H,2-6H2,1H3;1H. The van der Waals surface area contributed by atoms with Gasteiger partial charge < -0.3 is 10.2 Å². The fourth-order valence-electron chi connectivity index (χ4n) is 1.64. The highest BCUT2D eigenvalue weighted by Gasteiger charge is 2.17. The number of halogens is 1. The quantitative estimate of drug-likeness (QED) is 0.859. The van der Waals surface area contributed by atoms with Crippen LogP contribution in [0.3, 0.4) is 0 Å². The maximum atomic E-state index is 11.8. The van der Waals surface area contributed by atoms with E-state index in [4.69, 9.17) is 0 Å². The Morgan fingerprint density at radius 1 is 1.56 bits per heavy atom. The molecule has 0 bridgehead atoms. The molecule has 6 heteroatoms. The highest BCUT2D eigenvalue weighted by Crippen LogP contribution is 2.10. The third-order valence-corrected chi connectivity index (χ3v) is 3.41. The van der Waals surface area contributed by atoms with E-state index in [2.05, 4.69) is 10.3 Å². The number of piperazine rings is 1. The molecule has 0 atom stereocenters. The Hall–Kier alpha value is -0.650. The molecular formula is C10H16ClN3OS. The maximum Gasteiger partial charge on any atom is 0.229 e. The molecule has 0 aromatic carbocycles. The summed E-state index contributed by atoms with van der Waals surface area (Å²) in [5.74, 6) is 0.200. The molecule has 0 aliphatic carbocycles. The molecule has 2 rings (SSSR count). The summed E-state index contributed by atoms with van der Waals surface area (Å²) in [6.45, 7) is 5.41. The summed E-state index contributed by atoms with van der Waals surface area (Å²) in [5, 5.41) is 6.14. The van der Waals surface area contributed by atoms with Crippen LogP contribution >= 0.6 is 23.7 Å². The van der Waals surface area contributed by atoms with Crippen molar-refractivity contribution in [3.8, 4) is 0 Å². The van der Waals surface area contributed by atoms with Crippen molar-refractivity contribution in [2.24, 2.45) is 0 Å². The average molecular weight is 262 g/mol. The van der Waals surface area contributed by atoms with Crippen molar-refractivity contribution in [3.63, 3.8) is 0 Å². The van der Waals surface area contributed by atoms with E-state index in [0.29, 0.717) is 6.42 Å². The Bertz CT molecular complexity index is 350. The number of nitrogens with zero attached hydrogens (tertiary/aromatic N) is 2. The number of aromatic nitrogens is 1. The van der Waals surface area contributed by atoms with Crippen LogP contribution in [0.5, 0.6) is 0 Å². The normalized spacial score (nSPS) is 15.7. The summed E-state index contributed by atoms with van der Waals surface area (Å²) in [4.78, 5) is 18.1. The number of amides is 1.